The van der Waals surface area contributed by atoms with Gasteiger partial charge in [-0.25, -0.2) is 0 Å². The van der Waals surface area contributed by atoms with Crippen molar-refractivity contribution < 1.29 is 0 Å². The highest BCUT2D eigenvalue weighted by Crippen LogP contribution is 2.47. The highest BCUT2D eigenvalue weighted by molar-refractivity contribution is 5.85. The Morgan fingerprint density at radius 1 is 0.833 bits per heavy atom. The molecule has 0 radical (unpaired) electrons. The molecule has 1 heterocycles. The summed E-state index contributed by atoms with van der Waals surface area (Å²) >= 11 is 0. The standard InChI is InChI=1S/C21H23N.C2H6/c1-16-9-11-17(12-10-16)21(13-5-2-6-14-21)19-15-22-20-8-4-3-7-18(19)20;1-2/h3-4,7-12,15,22H,2,5-6,13-14H2,1H3;1-2H3. The fourth-order valence-electron chi connectivity index (χ4n) is 4.21. The van der Waals surface area contributed by atoms with Crippen molar-refractivity contribution in [3.05, 3.63) is 71.4 Å². The fourth-order valence-corrected chi connectivity index (χ4v) is 4.21. The Labute approximate surface area is 146 Å². The first-order chi connectivity index (χ1) is 11.8. The minimum absolute atomic E-state index is 0.186. The van der Waals surface area contributed by atoms with Crippen molar-refractivity contribution in [1.82, 2.24) is 4.98 Å². The van der Waals surface area contributed by atoms with E-state index in [0.29, 0.717) is 0 Å². The average Bonchev–Trinajstić information content (AvgIpc) is 3.09. The van der Waals surface area contributed by atoms with Crippen molar-refractivity contribution in [2.24, 2.45) is 0 Å². The maximum atomic E-state index is 3.49. The lowest BCUT2D eigenvalue weighted by molar-refractivity contribution is 0.348. The average molecular weight is 319 g/mol. The highest BCUT2D eigenvalue weighted by Gasteiger charge is 2.37. The van der Waals surface area contributed by atoms with E-state index in [2.05, 4.69) is 66.6 Å². The van der Waals surface area contributed by atoms with E-state index in [1.807, 2.05) is 13.8 Å². The van der Waals surface area contributed by atoms with Crippen molar-refractivity contribution >= 4 is 10.9 Å². The van der Waals surface area contributed by atoms with E-state index in [1.54, 1.807) is 0 Å². The molecule has 1 aliphatic rings. The Hall–Kier alpha value is -2.02. The smallest absolute Gasteiger partial charge is 0.0457 e. The van der Waals surface area contributed by atoms with Gasteiger partial charge in [-0.2, -0.15) is 0 Å². The van der Waals surface area contributed by atoms with Crippen LogP contribution in [0.4, 0.5) is 0 Å². The van der Waals surface area contributed by atoms with E-state index in [1.165, 1.54) is 59.7 Å². The van der Waals surface area contributed by atoms with Crippen LogP contribution in [0.3, 0.4) is 0 Å². The van der Waals surface area contributed by atoms with Gasteiger partial charge in [0.25, 0.3) is 0 Å². The van der Waals surface area contributed by atoms with Crippen LogP contribution in [0.5, 0.6) is 0 Å². The number of benzene rings is 2. The number of aryl methyl sites for hydroxylation is 1. The molecule has 1 aliphatic carbocycles. The summed E-state index contributed by atoms with van der Waals surface area (Å²) in [4.78, 5) is 3.49. The summed E-state index contributed by atoms with van der Waals surface area (Å²) in [7, 11) is 0. The molecule has 4 rings (SSSR count). The molecule has 1 nitrogen and oxygen atoms in total. The molecule has 0 spiro atoms. The zero-order valence-electron chi connectivity index (χ0n) is 15.2. The van der Waals surface area contributed by atoms with Gasteiger partial charge in [0.15, 0.2) is 0 Å². The van der Waals surface area contributed by atoms with Crippen molar-refractivity contribution in [2.45, 2.75) is 58.3 Å². The van der Waals surface area contributed by atoms with E-state index in [9.17, 15) is 0 Å². The van der Waals surface area contributed by atoms with Crippen molar-refractivity contribution in [3.8, 4) is 0 Å². The molecule has 0 saturated heterocycles. The van der Waals surface area contributed by atoms with Crippen LogP contribution < -0.4 is 0 Å². The van der Waals surface area contributed by atoms with E-state index >= 15 is 0 Å². The van der Waals surface area contributed by atoms with Crippen molar-refractivity contribution in [3.63, 3.8) is 0 Å². The van der Waals surface area contributed by atoms with Crippen LogP contribution in [0.2, 0.25) is 0 Å². The van der Waals surface area contributed by atoms with Crippen LogP contribution in [0.15, 0.2) is 54.7 Å². The van der Waals surface area contributed by atoms with Gasteiger partial charge in [-0.3, -0.25) is 0 Å². The van der Waals surface area contributed by atoms with Gasteiger partial charge in [0.05, 0.1) is 0 Å². The summed E-state index contributed by atoms with van der Waals surface area (Å²) < 4.78 is 0. The molecule has 1 N–H and O–H groups in total. The van der Waals surface area contributed by atoms with Gasteiger partial charge < -0.3 is 4.98 Å². The van der Waals surface area contributed by atoms with Crippen LogP contribution in [0.1, 0.15) is 62.6 Å². The van der Waals surface area contributed by atoms with Gasteiger partial charge in [-0.1, -0.05) is 81.1 Å². The number of rotatable bonds is 2. The van der Waals surface area contributed by atoms with Gasteiger partial charge in [0.1, 0.15) is 0 Å². The lowest BCUT2D eigenvalue weighted by Crippen LogP contribution is -2.30. The van der Waals surface area contributed by atoms with Gasteiger partial charge >= 0.3 is 0 Å². The summed E-state index contributed by atoms with van der Waals surface area (Å²) in [5.74, 6) is 0. The molecule has 126 valence electrons. The summed E-state index contributed by atoms with van der Waals surface area (Å²) in [6.07, 6.45) is 8.81. The monoisotopic (exact) mass is 319 g/mol. The maximum absolute atomic E-state index is 3.49. The number of fused-ring (bicyclic) bond motifs is 1. The lowest BCUT2D eigenvalue weighted by Gasteiger charge is -2.38. The third kappa shape index (κ3) is 2.88. The van der Waals surface area contributed by atoms with E-state index < -0.39 is 0 Å². The molecule has 1 heteroatoms. The van der Waals surface area contributed by atoms with Crippen molar-refractivity contribution in [2.75, 3.05) is 0 Å². The minimum Gasteiger partial charge on any atom is -0.361 e. The number of nitrogens with one attached hydrogen (secondary N) is 1. The number of H-pyrrole nitrogens is 1. The molecule has 0 bridgehead atoms. The summed E-state index contributed by atoms with van der Waals surface area (Å²) in [5.41, 5.74) is 5.77. The predicted octanol–water partition coefficient (Wildman–Crippen LogP) is 6.75. The molecule has 0 unspecified atom stereocenters. The van der Waals surface area contributed by atoms with Crippen molar-refractivity contribution in [1.29, 1.82) is 0 Å². The van der Waals surface area contributed by atoms with Crippen LogP contribution >= 0.6 is 0 Å². The molecule has 0 amide bonds. The second kappa shape index (κ2) is 7.25. The van der Waals surface area contributed by atoms with Crippen LogP contribution in [0.25, 0.3) is 10.9 Å². The Balaban J connectivity index is 0.000000815. The normalized spacial score (nSPS) is 16.5. The molecule has 1 fully saturated rings. The molecular weight excluding hydrogens is 290 g/mol. The SMILES string of the molecule is CC.Cc1ccc(C2(c3c[nH]c4ccccc34)CCCCC2)cc1. The van der Waals surface area contributed by atoms with E-state index in [4.69, 9.17) is 0 Å². The number of aromatic nitrogens is 1. The second-order valence-electron chi connectivity index (χ2n) is 6.76. The fraction of sp³-hybridized carbons (Fsp3) is 0.391. The zero-order valence-corrected chi connectivity index (χ0v) is 15.2. The Kier molecular flexibility index (Phi) is 5.08. The Morgan fingerprint density at radius 3 is 2.21 bits per heavy atom. The van der Waals surface area contributed by atoms with E-state index in [-0.39, 0.29) is 5.41 Å². The molecule has 3 aromatic rings. The summed E-state index contributed by atoms with van der Waals surface area (Å²) in [5, 5.41) is 1.39. The third-order valence-corrected chi connectivity index (χ3v) is 5.42. The first kappa shape index (κ1) is 16.8. The number of hydrogen-bond donors (Lipinski definition) is 1. The molecule has 24 heavy (non-hydrogen) atoms. The van der Waals surface area contributed by atoms with Gasteiger partial charge in [0, 0.05) is 22.5 Å². The second-order valence-corrected chi connectivity index (χ2v) is 6.76. The number of para-hydroxylation sites is 1. The third-order valence-electron chi connectivity index (χ3n) is 5.42. The van der Waals surface area contributed by atoms with E-state index in [0.717, 1.165) is 0 Å². The first-order valence-electron chi connectivity index (χ1n) is 9.43. The highest BCUT2D eigenvalue weighted by atomic mass is 14.7. The number of hydrogen-bond acceptors (Lipinski definition) is 0. The molecule has 0 aliphatic heterocycles. The van der Waals surface area contributed by atoms with Gasteiger partial charge in [-0.15, -0.1) is 0 Å². The first-order valence-corrected chi connectivity index (χ1v) is 9.43. The lowest BCUT2D eigenvalue weighted by atomic mass is 9.65. The zero-order chi connectivity index (χ0) is 17.0. The summed E-state index contributed by atoms with van der Waals surface area (Å²) in [6, 6.07) is 18.0. The largest absolute Gasteiger partial charge is 0.361 e. The number of aromatic amines is 1. The molecule has 0 atom stereocenters. The molecule has 1 saturated carbocycles. The van der Waals surface area contributed by atoms with Crippen LogP contribution in [-0.4, -0.2) is 4.98 Å². The van der Waals surface area contributed by atoms with Crippen LogP contribution in [-0.2, 0) is 5.41 Å². The maximum Gasteiger partial charge on any atom is 0.0457 e. The minimum atomic E-state index is 0.186. The Morgan fingerprint density at radius 2 is 1.50 bits per heavy atom. The van der Waals surface area contributed by atoms with Gasteiger partial charge in [-0.05, 0) is 37.0 Å². The predicted molar refractivity (Wildman–Crippen MR) is 105 cm³/mol. The Bertz CT molecular complexity index is 773. The molecule has 1 aromatic heterocycles. The molecule has 2 aromatic carbocycles. The summed E-state index contributed by atoms with van der Waals surface area (Å²) in [6.45, 7) is 6.17. The molecular formula is C23H29N. The van der Waals surface area contributed by atoms with Gasteiger partial charge in [0.2, 0.25) is 0 Å². The van der Waals surface area contributed by atoms with Crippen LogP contribution in [0, 0.1) is 6.92 Å². The quantitative estimate of drug-likeness (QED) is 0.537. The topological polar surface area (TPSA) is 15.8 Å².